The molecule has 15 heavy (non-hydrogen) atoms. The molecule has 4 nitrogen and oxygen atoms in total. The largest absolute Gasteiger partial charge is 0.507 e. The van der Waals surface area contributed by atoms with Crippen molar-refractivity contribution in [3.8, 4) is 5.75 Å². The number of hydrogen-bond acceptors (Lipinski definition) is 4. The average Bonchev–Trinajstić information content (AvgIpc) is 2.21. The lowest BCUT2D eigenvalue weighted by molar-refractivity contribution is -0.139. The summed E-state index contributed by atoms with van der Waals surface area (Å²) in [6.45, 7) is 1.80. The van der Waals surface area contributed by atoms with E-state index in [9.17, 15) is 14.7 Å². The fourth-order valence-electron chi connectivity index (χ4n) is 1.17. The van der Waals surface area contributed by atoms with Crippen LogP contribution in [0.25, 0.3) is 0 Å². The molecule has 1 N–H and O–H groups in total. The van der Waals surface area contributed by atoms with E-state index in [0.717, 1.165) is 5.56 Å². The molecule has 0 saturated heterocycles. The smallest absolute Gasteiger partial charge is 0.313 e. The van der Waals surface area contributed by atoms with Crippen molar-refractivity contribution >= 4 is 11.8 Å². The van der Waals surface area contributed by atoms with Gasteiger partial charge in [0.05, 0.1) is 12.7 Å². The van der Waals surface area contributed by atoms with Gasteiger partial charge in [-0.05, 0) is 19.1 Å². The Bertz CT molecular complexity index is 396. The number of esters is 1. The second-order valence-electron chi connectivity index (χ2n) is 3.20. The van der Waals surface area contributed by atoms with Gasteiger partial charge >= 0.3 is 5.97 Å². The Morgan fingerprint density at radius 1 is 1.40 bits per heavy atom. The van der Waals surface area contributed by atoms with Crippen LogP contribution in [0.2, 0.25) is 0 Å². The minimum atomic E-state index is -0.610. The summed E-state index contributed by atoms with van der Waals surface area (Å²) in [5, 5.41) is 9.42. The standard InChI is InChI=1S/C11H12O4/c1-7-3-4-9(12)8(5-7)10(13)6-11(14)15-2/h3-5,12H,6H2,1-2H3. The first-order valence-electron chi connectivity index (χ1n) is 4.44. The van der Waals surface area contributed by atoms with Gasteiger partial charge in [0, 0.05) is 0 Å². The fraction of sp³-hybridized carbons (Fsp3) is 0.273. The zero-order chi connectivity index (χ0) is 11.4. The Labute approximate surface area is 87.5 Å². The zero-order valence-electron chi connectivity index (χ0n) is 8.61. The van der Waals surface area contributed by atoms with Crippen LogP contribution in [0.15, 0.2) is 18.2 Å². The van der Waals surface area contributed by atoms with Gasteiger partial charge in [-0.15, -0.1) is 0 Å². The minimum Gasteiger partial charge on any atom is -0.507 e. The number of rotatable bonds is 3. The van der Waals surface area contributed by atoms with Crippen molar-refractivity contribution in [1.82, 2.24) is 0 Å². The Morgan fingerprint density at radius 3 is 2.67 bits per heavy atom. The quantitative estimate of drug-likeness (QED) is 0.464. The van der Waals surface area contributed by atoms with Gasteiger partial charge in [-0.3, -0.25) is 9.59 Å². The van der Waals surface area contributed by atoms with Gasteiger partial charge in [-0.1, -0.05) is 11.6 Å². The molecule has 0 fully saturated rings. The van der Waals surface area contributed by atoms with Gasteiger partial charge in [-0.25, -0.2) is 0 Å². The topological polar surface area (TPSA) is 63.6 Å². The van der Waals surface area contributed by atoms with Crippen LogP contribution in [0.4, 0.5) is 0 Å². The number of phenolic OH excluding ortho intramolecular Hbond substituents is 1. The van der Waals surface area contributed by atoms with Gasteiger partial charge < -0.3 is 9.84 Å². The average molecular weight is 208 g/mol. The number of aromatic hydroxyl groups is 1. The molecule has 0 aromatic heterocycles. The summed E-state index contributed by atoms with van der Waals surface area (Å²) in [6, 6.07) is 4.66. The number of aryl methyl sites for hydroxylation is 1. The van der Waals surface area contributed by atoms with Crippen LogP contribution in [0.1, 0.15) is 22.3 Å². The number of carbonyl (C=O) groups is 2. The maximum absolute atomic E-state index is 11.5. The van der Waals surface area contributed by atoms with E-state index >= 15 is 0 Å². The summed E-state index contributed by atoms with van der Waals surface area (Å²) in [4.78, 5) is 22.4. The number of Topliss-reactive ketones (excluding diaryl/α,β-unsaturated/α-hetero) is 1. The van der Waals surface area contributed by atoms with Crippen LogP contribution in [0.5, 0.6) is 5.75 Å². The number of carbonyl (C=O) groups excluding carboxylic acids is 2. The van der Waals surface area contributed by atoms with Crippen molar-refractivity contribution in [2.75, 3.05) is 7.11 Å². The van der Waals surface area contributed by atoms with Gasteiger partial charge in [0.15, 0.2) is 5.78 Å². The maximum Gasteiger partial charge on any atom is 0.313 e. The Balaban J connectivity index is 2.91. The van der Waals surface area contributed by atoms with E-state index in [4.69, 9.17) is 0 Å². The van der Waals surface area contributed by atoms with Crippen molar-refractivity contribution in [3.05, 3.63) is 29.3 Å². The Hall–Kier alpha value is -1.84. The highest BCUT2D eigenvalue weighted by molar-refractivity contribution is 6.07. The van der Waals surface area contributed by atoms with Gasteiger partial charge in [-0.2, -0.15) is 0 Å². The molecule has 0 unspecified atom stereocenters. The van der Waals surface area contributed by atoms with Crippen LogP contribution in [0, 0.1) is 6.92 Å². The second-order valence-corrected chi connectivity index (χ2v) is 3.20. The molecule has 0 amide bonds. The summed E-state index contributed by atoms with van der Waals surface area (Å²) in [6.07, 6.45) is -0.354. The van der Waals surface area contributed by atoms with Crippen LogP contribution in [-0.4, -0.2) is 24.0 Å². The van der Waals surface area contributed by atoms with Crippen molar-refractivity contribution in [2.24, 2.45) is 0 Å². The molecule has 0 aliphatic carbocycles. The Kier molecular flexibility index (Phi) is 3.44. The molecule has 0 saturated carbocycles. The van der Waals surface area contributed by atoms with Crippen LogP contribution in [0.3, 0.4) is 0 Å². The van der Waals surface area contributed by atoms with Crippen molar-refractivity contribution in [1.29, 1.82) is 0 Å². The van der Waals surface area contributed by atoms with E-state index in [0.29, 0.717) is 0 Å². The molecule has 0 bridgehead atoms. The first-order chi connectivity index (χ1) is 7.04. The first kappa shape index (κ1) is 11.2. The zero-order valence-corrected chi connectivity index (χ0v) is 8.61. The van der Waals surface area contributed by atoms with Crippen LogP contribution < -0.4 is 0 Å². The Morgan fingerprint density at radius 2 is 2.07 bits per heavy atom. The van der Waals surface area contributed by atoms with E-state index in [-0.39, 0.29) is 17.7 Å². The van der Waals surface area contributed by atoms with Crippen molar-refractivity contribution in [2.45, 2.75) is 13.3 Å². The molecule has 1 rings (SSSR count). The molecule has 4 heteroatoms. The molecule has 0 spiro atoms. The molecule has 1 aromatic carbocycles. The summed E-state index contributed by atoms with van der Waals surface area (Å²) < 4.78 is 4.37. The highest BCUT2D eigenvalue weighted by atomic mass is 16.5. The van der Waals surface area contributed by atoms with E-state index in [1.165, 1.54) is 13.2 Å². The molecular formula is C11H12O4. The lowest BCUT2D eigenvalue weighted by Crippen LogP contribution is -2.09. The van der Waals surface area contributed by atoms with Gasteiger partial charge in [0.1, 0.15) is 12.2 Å². The van der Waals surface area contributed by atoms with Crippen LogP contribution in [-0.2, 0) is 9.53 Å². The van der Waals surface area contributed by atoms with Gasteiger partial charge in [0.25, 0.3) is 0 Å². The van der Waals surface area contributed by atoms with E-state index < -0.39 is 11.8 Å². The lowest BCUT2D eigenvalue weighted by atomic mass is 10.0. The third kappa shape index (κ3) is 2.80. The molecule has 1 aromatic rings. The highest BCUT2D eigenvalue weighted by Gasteiger charge is 2.15. The van der Waals surface area contributed by atoms with E-state index in [1.54, 1.807) is 19.1 Å². The third-order valence-electron chi connectivity index (χ3n) is 1.99. The highest BCUT2D eigenvalue weighted by Crippen LogP contribution is 2.19. The molecule has 0 heterocycles. The monoisotopic (exact) mass is 208 g/mol. The van der Waals surface area contributed by atoms with Crippen LogP contribution >= 0.6 is 0 Å². The number of ketones is 1. The summed E-state index contributed by atoms with van der Waals surface area (Å²) in [5.41, 5.74) is 1.00. The number of phenols is 1. The minimum absolute atomic E-state index is 0.116. The molecule has 0 aliphatic rings. The maximum atomic E-state index is 11.5. The third-order valence-corrected chi connectivity index (χ3v) is 1.99. The molecule has 0 radical (unpaired) electrons. The molecule has 80 valence electrons. The fourth-order valence-corrected chi connectivity index (χ4v) is 1.17. The van der Waals surface area contributed by atoms with Gasteiger partial charge in [0.2, 0.25) is 0 Å². The predicted octanol–water partition coefficient (Wildman–Crippen LogP) is 1.45. The number of ether oxygens (including phenoxy) is 1. The lowest BCUT2D eigenvalue weighted by Gasteiger charge is -2.03. The number of methoxy groups -OCH3 is 1. The second kappa shape index (κ2) is 4.59. The van der Waals surface area contributed by atoms with E-state index in [1.807, 2.05) is 0 Å². The van der Waals surface area contributed by atoms with Crippen molar-refractivity contribution < 1.29 is 19.4 Å². The van der Waals surface area contributed by atoms with Crippen molar-refractivity contribution in [3.63, 3.8) is 0 Å². The summed E-state index contributed by atoms with van der Waals surface area (Å²) >= 11 is 0. The number of benzene rings is 1. The van der Waals surface area contributed by atoms with E-state index in [2.05, 4.69) is 4.74 Å². The normalized spacial score (nSPS) is 9.73. The predicted molar refractivity (Wildman–Crippen MR) is 53.8 cm³/mol. The number of hydrogen-bond donors (Lipinski definition) is 1. The molecule has 0 aliphatic heterocycles. The summed E-state index contributed by atoms with van der Waals surface area (Å²) in [5.74, 6) is -1.17. The SMILES string of the molecule is COC(=O)CC(=O)c1cc(C)ccc1O. The first-order valence-corrected chi connectivity index (χ1v) is 4.44. The molecular weight excluding hydrogens is 196 g/mol. The summed E-state index contributed by atoms with van der Waals surface area (Å²) in [7, 11) is 1.21. The molecule has 0 atom stereocenters.